The Labute approximate surface area is 141 Å². The maximum Gasteiger partial charge on any atom is 0.337 e. The number of pyridine rings is 1. The normalized spacial score (nSPS) is 15.2. The zero-order valence-electron chi connectivity index (χ0n) is 13.1. The summed E-state index contributed by atoms with van der Waals surface area (Å²) in [6, 6.07) is 3.97. The lowest BCUT2D eigenvalue weighted by Crippen LogP contribution is -2.38. The van der Waals surface area contributed by atoms with Crippen LogP contribution in [-0.4, -0.2) is 28.9 Å². The molecule has 0 aromatic carbocycles. The SMILES string of the molecule is Cn1c(=O)n(-c2ccc(NC3CCCC3)nc2)c(=O)c2nsnc21. The van der Waals surface area contributed by atoms with Crippen LogP contribution in [0.4, 0.5) is 5.82 Å². The number of hydrogen-bond acceptors (Lipinski definition) is 7. The van der Waals surface area contributed by atoms with Gasteiger partial charge in [0.15, 0.2) is 11.2 Å². The van der Waals surface area contributed by atoms with Gasteiger partial charge in [0, 0.05) is 13.1 Å². The van der Waals surface area contributed by atoms with Crippen molar-refractivity contribution in [3.8, 4) is 5.69 Å². The first-order valence-electron chi connectivity index (χ1n) is 7.82. The molecule has 0 saturated heterocycles. The molecule has 1 aliphatic carbocycles. The van der Waals surface area contributed by atoms with Crippen LogP contribution in [0.5, 0.6) is 0 Å². The topological polar surface area (TPSA) is 94.7 Å². The molecule has 1 saturated carbocycles. The van der Waals surface area contributed by atoms with Crippen LogP contribution >= 0.6 is 11.7 Å². The number of rotatable bonds is 3. The predicted molar refractivity (Wildman–Crippen MR) is 91.9 cm³/mol. The van der Waals surface area contributed by atoms with Gasteiger partial charge in [-0.3, -0.25) is 9.36 Å². The Morgan fingerprint density at radius 1 is 1.21 bits per heavy atom. The van der Waals surface area contributed by atoms with Crippen molar-refractivity contribution in [1.29, 1.82) is 0 Å². The van der Waals surface area contributed by atoms with Gasteiger partial charge in [-0.1, -0.05) is 12.8 Å². The zero-order chi connectivity index (χ0) is 16.7. The van der Waals surface area contributed by atoms with Gasteiger partial charge in [0.05, 0.1) is 23.6 Å². The molecule has 1 fully saturated rings. The van der Waals surface area contributed by atoms with Crippen molar-refractivity contribution < 1.29 is 0 Å². The van der Waals surface area contributed by atoms with Crippen LogP contribution in [-0.2, 0) is 7.05 Å². The molecule has 1 N–H and O–H groups in total. The van der Waals surface area contributed by atoms with Crippen LogP contribution in [0.1, 0.15) is 25.7 Å². The molecule has 0 unspecified atom stereocenters. The molecule has 1 aliphatic rings. The number of aromatic nitrogens is 5. The lowest BCUT2D eigenvalue weighted by atomic mass is 10.2. The first-order valence-corrected chi connectivity index (χ1v) is 8.55. The minimum Gasteiger partial charge on any atom is -0.367 e. The number of aryl methyl sites for hydroxylation is 1. The van der Waals surface area contributed by atoms with Crippen LogP contribution in [0.3, 0.4) is 0 Å². The molecule has 3 heterocycles. The maximum atomic E-state index is 12.5. The molecular weight excluding hydrogens is 328 g/mol. The van der Waals surface area contributed by atoms with Gasteiger partial charge >= 0.3 is 5.69 Å². The van der Waals surface area contributed by atoms with Gasteiger partial charge in [-0.2, -0.15) is 8.75 Å². The van der Waals surface area contributed by atoms with E-state index >= 15 is 0 Å². The van der Waals surface area contributed by atoms with Crippen LogP contribution < -0.4 is 16.6 Å². The monoisotopic (exact) mass is 344 g/mol. The third kappa shape index (κ3) is 2.41. The van der Waals surface area contributed by atoms with Crippen LogP contribution in [0.2, 0.25) is 0 Å². The second-order valence-electron chi connectivity index (χ2n) is 5.95. The highest BCUT2D eigenvalue weighted by Gasteiger charge is 2.17. The van der Waals surface area contributed by atoms with Gasteiger partial charge in [0.25, 0.3) is 5.56 Å². The molecule has 3 aromatic rings. The largest absolute Gasteiger partial charge is 0.367 e. The van der Waals surface area contributed by atoms with Crippen LogP contribution in [0.15, 0.2) is 27.9 Å². The highest BCUT2D eigenvalue weighted by Crippen LogP contribution is 2.21. The summed E-state index contributed by atoms with van der Waals surface area (Å²) in [6.45, 7) is 0. The van der Waals surface area contributed by atoms with E-state index in [2.05, 4.69) is 19.0 Å². The van der Waals surface area contributed by atoms with Gasteiger partial charge in [-0.15, -0.1) is 0 Å². The summed E-state index contributed by atoms with van der Waals surface area (Å²) < 4.78 is 10.4. The molecule has 9 heteroatoms. The van der Waals surface area contributed by atoms with Crippen molar-refractivity contribution in [3.63, 3.8) is 0 Å². The number of nitrogens with zero attached hydrogens (tertiary/aromatic N) is 5. The van der Waals surface area contributed by atoms with Crippen molar-refractivity contribution in [2.45, 2.75) is 31.7 Å². The van der Waals surface area contributed by atoms with Crippen molar-refractivity contribution in [2.75, 3.05) is 5.32 Å². The second-order valence-corrected chi connectivity index (χ2v) is 6.47. The van der Waals surface area contributed by atoms with E-state index in [0.29, 0.717) is 17.4 Å². The van der Waals surface area contributed by atoms with Gasteiger partial charge in [-0.25, -0.2) is 14.3 Å². The van der Waals surface area contributed by atoms with E-state index in [1.165, 1.54) is 23.6 Å². The molecule has 124 valence electrons. The van der Waals surface area contributed by atoms with Crippen molar-refractivity contribution in [1.82, 2.24) is 22.9 Å². The molecule has 0 spiro atoms. The molecule has 0 aliphatic heterocycles. The number of anilines is 1. The quantitative estimate of drug-likeness (QED) is 0.769. The predicted octanol–water partition coefficient (Wildman–Crippen LogP) is 1.29. The Hall–Kier alpha value is -2.55. The third-order valence-electron chi connectivity index (χ3n) is 4.39. The Morgan fingerprint density at radius 2 is 2.00 bits per heavy atom. The van der Waals surface area contributed by atoms with E-state index < -0.39 is 11.2 Å². The van der Waals surface area contributed by atoms with Crippen molar-refractivity contribution in [3.05, 3.63) is 39.2 Å². The van der Waals surface area contributed by atoms with Gasteiger partial charge in [0.2, 0.25) is 0 Å². The first-order chi connectivity index (χ1) is 11.6. The summed E-state index contributed by atoms with van der Waals surface area (Å²) in [5.41, 5.74) is -0.0138. The summed E-state index contributed by atoms with van der Waals surface area (Å²) in [4.78, 5) is 29.4. The molecule has 0 atom stereocenters. The summed E-state index contributed by atoms with van der Waals surface area (Å²) in [7, 11) is 1.57. The molecule has 0 bridgehead atoms. The highest BCUT2D eigenvalue weighted by molar-refractivity contribution is 7.00. The molecule has 3 aromatic heterocycles. The zero-order valence-corrected chi connectivity index (χ0v) is 13.9. The first kappa shape index (κ1) is 15.0. The summed E-state index contributed by atoms with van der Waals surface area (Å²) in [6.07, 6.45) is 6.31. The molecular formula is C15H16N6O2S. The van der Waals surface area contributed by atoms with E-state index in [1.54, 1.807) is 19.2 Å². The Morgan fingerprint density at radius 3 is 2.71 bits per heavy atom. The van der Waals surface area contributed by atoms with Crippen molar-refractivity contribution >= 4 is 28.7 Å². The standard InChI is InChI=1S/C15H16N6O2S/c1-20-13-12(18-24-19-13)14(22)21(15(20)23)10-6-7-11(16-8-10)17-9-4-2-3-5-9/h6-9H,2-5H2,1H3,(H,16,17). The summed E-state index contributed by atoms with van der Waals surface area (Å²) in [5.74, 6) is 0.756. The fourth-order valence-electron chi connectivity index (χ4n) is 3.08. The minimum absolute atomic E-state index is 0.190. The van der Waals surface area contributed by atoms with Crippen LogP contribution in [0.25, 0.3) is 16.9 Å². The Bertz CT molecular complexity index is 997. The number of hydrogen-bond donors (Lipinski definition) is 1. The van der Waals surface area contributed by atoms with E-state index in [9.17, 15) is 9.59 Å². The molecule has 0 radical (unpaired) electrons. The van der Waals surface area contributed by atoms with Gasteiger partial charge < -0.3 is 5.32 Å². The molecule has 0 amide bonds. The average molecular weight is 344 g/mol. The van der Waals surface area contributed by atoms with Gasteiger partial charge in [-0.05, 0) is 25.0 Å². The van der Waals surface area contributed by atoms with E-state index in [0.717, 1.165) is 35.0 Å². The Balaban J connectivity index is 1.75. The fourth-order valence-corrected chi connectivity index (χ4v) is 3.65. The molecule has 24 heavy (non-hydrogen) atoms. The lowest BCUT2D eigenvalue weighted by molar-refractivity contribution is 0.748. The smallest absolute Gasteiger partial charge is 0.337 e. The van der Waals surface area contributed by atoms with Crippen LogP contribution in [0, 0.1) is 0 Å². The Kier molecular flexibility index (Phi) is 3.64. The van der Waals surface area contributed by atoms with Crippen molar-refractivity contribution in [2.24, 2.45) is 7.05 Å². The van der Waals surface area contributed by atoms with E-state index in [4.69, 9.17) is 0 Å². The minimum atomic E-state index is -0.472. The second kappa shape index (κ2) is 5.82. The number of nitrogens with one attached hydrogen (secondary N) is 1. The van der Waals surface area contributed by atoms with E-state index in [-0.39, 0.29) is 5.52 Å². The van der Waals surface area contributed by atoms with Gasteiger partial charge in [0.1, 0.15) is 5.82 Å². The van der Waals surface area contributed by atoms with E-state index in [1.807, 2.05) is 0 Å². The molecule has 8 nitrogen and oxygen atoms in total. The third-order valence-corrected chi connectivity index (χ3v) is 4.90. The maximum absolute atomic E-state index is 12.5. The summed E-state index contributed by atoms with van der Waals surface area (Å²) >= 11 is 0.915. The summed E-state index contributed by atoms with van der Waals surface area (Å²) in [5, 5.41) is 3.38. The fraction of sp³-hybridized carbons (Fsp3) is 0.400. The lowest BCUT2D eigenvalue weighted by Gasteiger charge is -2.13. The number of fused-ring (bicyclic) bond motifs is 1. The highest BCUT2D eigenvalue weighted by atomic mass is 32.1. The molecule has 4 rings (SSSR count). The average Bonchev–Trinajstić information content (AvgIpc) is 3.26.